The molecule has 0 aliphatic carbocycles. The summed E-state index contributed by atoms with van der Waals surface area (Å²) in [6.07, 6.45) is 0. The predicted molar refractivity (Wildman–Crippen MR) is 91.4 cm³/mol. The molecule has 0 aliphatic rings. The van der Waals surface area contributed by atoms with Crippen LogP contribution in [0.4, 0.5) is 0 Å². The van der Waals surface area contributed by atoms with Crippen LogP contribution in [0.1, 0.15) is 17.8 Å². The zero-order valence-electron chi connectivity index (χ0n) is 13.2. The molecule has 3 aromatic heterocycles. The van der Waals surface area contributed by atoms with Crippen molar-refractivity contribution in [1.82, 2.24) is 29.7 Å². The summed E-state index contributed by atoms with van der Waals surface area (Å²) in [5, 5.41) is 7.61. The first kappa shape index (κ1) is 14.1. The van der Waals surface area contributed by atoms with Crippen molar-refractivity contribution in [2.75, 3.05) is 0 Å². The van der Waals surface area contributed by atoms with E-state index in [9.17, 15) is 0 Å². The minimum Gasteiger partial charge on any atom is -0.342 e. The van der Waals surface area contributed by atoms with E-state index in [2.05, 4.69) is 33.0 Å². The zero-order chi connectivity index (χ0) is 16.0. The topological polar surface area (TPSA) is 72.3 Å². The van der Waals surface area contributed by atoms with Crippen LogP contribution in [-0.2, 0) is 6.54 Å². The van der Waals surface area contributed by atoms with Crippen LogP contribution < -0.4 is 0 Å². The Balaban J connectivity index is 1.84. The van der Waals surface area contributed by atoms with Gasteiger partial charge in [0, 0.05) is 17.5 Å². The second-order valence-corrected chi connectivity index (χ2v) is 6.44. The monoisotopic (exact) mass is 324 g/mol. The lowest BCUT2D eigenvalue weighted by Gasteiger charge is -2.02. The molecular weight excluding hydrogens is 308 g/mol. The second kappa shape index (κ2) is 5.27. The number of rotatable bonds is 3. The molecule has 116 valence electrons. The van der Waals surface area contributed by atoms with E-state index < -0.39 is 0 Å². The molecule has 3 heterocycles. The molecule has 0 saturated carbocycles. The van der Waals surface area contributed by atoms with Gasteiger partial charge in [0.25, 0.3) is 0 Å². The molecule has 0 unspecified atom stereocenters. The third-order valence-corrected chi connectivity index (χ3v) is 4.45. The Morgan fingerprint density at radius 2 is 2.04 bits per heavy atom. The molecule has 7 heteroatoms. The van der Waals surface area contributed by atoms with Crippen molar-refractivity contribution < 1.29 is 0 Å². The molecule has 0 bridgehead atoms. The van der Waals surface area contributed by atoms with Crippen molar-refractivity contribution >= 4 is 22.4 Å². The van der Waals surface area contributed by atoms with E-state index in [4.69, 9.17) is 4.98 Å². The Labute approximate surface area is 137 Å². The Bertz CT molecular complexity index is 993. The van der Waals surface area contributed by atoms with Gasteiger partial charge in [0.15, 0.2) is 5.82 Å². The maximum absolute atomic E-state index is 4.71. The fourth-order valence-electron chi connectivity index (χ4n) is 2.63. The van der Waals surface area contributed by atoms with Crippen LogP contribution in [0.5, 0.6) is 0 Å². The van der Waals surface area contributed by atoms with Crippen LogP contribution in [0.15, 0.2) is 23.6 Å². The minimum absolute atomic E-state index is 0.673. The molecule has 0 radical (unpaired) electrons. The van der Waals surface area contributed by atoms with Gasteiger partial charge in [0.1, 0.15) is 11.5 Å². The van der Waals surface area contributed by atoms with E-state index in [0.29, 0.717) is 5.82 Å². The molecule has 23 heavy (non-hydrogen) atoms. The molecule has 0 atom stereocenters. The number of hydrogen-bond acceptors (Lipinski definition) is 5. The van der Waals surface area contributed by atoms with Crippen LogP contribution in [-0.4, -0.2) is 29.7 Å². The lowest BCUT2D eigenvalue weighted by molar-refractivity contribution is 0.667. The Morgan fingerprint density at radius 1 is 1.17 bits per heavy atom. The lowest BCUT2D eigenvalue weighted by atomic mass is 10.2. The number of benzene rings is 1. The van der Waals surface area contributed by atoms with Gasteiger partial charge in [-0.05, 0) is 39.0 Å². The van der Waals surface area contributed by atoms with Crippen LogP contribution in [0.2, 0.25) is 0 Å². The number of H-pyrrole nitrogens is 1. The van der Waals surface area contributed by atoms with Crippen molar-refractivity contribution in [2.24, 2.45) is 0 Å². The molecular formula is C16H16N6S. The van der Waals surface area contributed by atoms with E-state index in [0.717, 1.165) is 45.5 Å². The summed E-state index contributed by atoms with van der Waals surface area (Å²) in [6, 6.07) is 6.12. The Kier molecular flexibility index (Phi) is 3.23. The molecule has 6 nitrogen and oxygen atoms in total. The van der Waals surface area contributed by atoms with E-state index in [1.54, 1.807) is 11.3 Å². The van der Waals surface area contributed by atoms with Gasteiger partial charge in [0.2, 0.25) is 5.82 Å². The van der Waals surface area contributed by atoms with Gasteiger partial charge in [-0.15, -0.1) is 16.4 Å². The number of nitrogens with one attached hydrogen (secondary N) is 1. The summed E-state index contributed by atoms with van der Waals surface area (Å²) in [5.41, 5.74) is 3.83. The highest BCUT2D eigenvalue weighted by Gasteiger charge is 2.15. The fourth-order valence-corrected chi connectivity index (χ4v) is 3.22. The molecule has 1 N–H and O–H groups in total. The average Bonchev–Trinajstić information content (AvgIpc) is 3.22. The maximum atomic E-state index is 4.71. The summed E-state index contributed by atoms with van der Waals surface area (Å²) in [7, 11) is 0. The van der Waals surface area contributed by atoms with Crippen molar-refractivity contribution in [3.8, 4) is 22.9 Å². The summed E-state index contributed by atoms with van der Waals surface area (Å²) < 4.78 is 1.91. The first-order valence-corrected chi connectivity index (χ1v) is 8.36. The fraction of sp³-hybridized carbons (Fsp3) is 0.250. The number of aromatic amines is 1. The maximum Gasteiger partial charge on any atom is 0.201 e. The second-order valence-electron chi connectivity index (χ2n) is 5.38. The van der Waals surface area contributed by atoms with E-state index in [-0.39, 0.29) is 0 Å². The van der Waals surface area contributed by atoms with Gasteiger partial charge in [-0.25, -0.2) is 19.6 Å². The van der Waals surface area contributed by atoms with E-state index >= 15 is 0 Å². The highest BCUT2D eigenvalue weighted by molar-refractivity contribution is 7.09. The van der Waals surface area contributed by atoms with Crippen LogP contribution in [0.3, 0.4) is 0 Å². The third kappa shape index (κ3) is 2.43. The predicted octanol–water partition coefficient (Wildman–Crippen LogP) is 3.58. The van der Waals surface area contributed by atoms with Crippen LogP contribution >= 0.6 is 11.3 Å². The van der Waals surface area contributed by atoms with E-state index in [1.165, 1.54) is 0 Å². The van der Waals surface area contributed by atoms with Gasteiger partial charge < -0.3 is 4.98 Å². The molecule has 4 aromatic rings. The van der Waals surface area contributed by atoms with Gasteiger partial charge in [0.05, 0.1) is 16.0 Å². The molecule has 0 fully saturated rings. The van der Waals surface area contributed by atoms with Crippen molar-refractivity contribution in [2.45, 2.75) is 27.3 Å². The lowest BCUT2D eigenvalue weighted by Crippen LogP contribution is -1.99. The summed E-state index contributed by atoms with van der Waals surface area (Å²) in [6.45, 7) is 6.76. The van der Waals surface area contributed by atoms with Gasteiger partial charge >= 0.3 is 0 Å². The SMILES string of the molecule is CCn1nc(-c2csc(C)n2)nc1-c1ccc2nc(C)[nH]c2c1. The number of thiazole rings is 1. The Hall–Kier alpha value is -2.54. The van der Waals surface area contributed by atoms with Crippen LogP contribution in [0.25, 0.3) is 33.9 Å². The number of aryl methyl sites for hydroxylation is 3. The first-order valence-electron chi connectivity index (χ1n) is 7.48. The standard InChI is InChI=1S/C16H16N6S/c1-4-22-16(20-15(21-22)14-8-23-10(3)19-14)11-5-6-12-13(7-11)18-9(2)17-12/h5-8H,4H2,1-3H3,(H,17,18). The molecule has 0 saturated heterocycles. The molecule has 0 spiro atoms. The number of imidazole rings is 1. The van der Waals surface area contributed by atoms with E-state index in [1.807, 2.05) is 36.0 Å². The zero-order valence-corrected chi connectivity index (χ0v) is 14.0. The highest BCUT2D eigenvalue weighted by atomic mass is 32.1. The third-order valence-electron chi connectivity index (χ3n) is 3.68. The molecule has 4 rings (SSSR count). The van der Waals surface area contributed by atoms with Gasteiger partial charge in [-0.1, -0.05) is 0 Å². The molecule has 0 aliphatic heterocycles. The molecule has 1 aromatic carbocycles. The van der Waals surface area contributed by atoms with Crippen LogP contribution in [0, 0.1) is 13.8 Å². The number of nitrogens with zero attached hydrogens (tertiary/aromatic N) is 5. The highest BCUT2D eigenvalue weighted by Crippen LogP contribution is 2.25. The number of hydrogen-bond donors (Lipinski definition) is 1. The summed E-state index contributed by atoms with van der Waals surface area (Å²) in [5.74, 6) is 2.43. The van der Waals surface area contributed by atoms with Crippen molar-refractivity contribution in [1.29, 1.82) is 0 Å². The smallest absolute Gasteiger partial charge is 0.201 e. The van der Waals surface area contributed by atoms with Crippen molar-refractivity contribution in [3.05, 3.63) is 34.4 Å². The molecule has 0 amide bonds. The summed E-state index contributed by atoms with van der Waals surface area (Å²) >= 11 is 1.61. The normalized spacial score (nSPS) is 11.4. The van der Waals surface area contributed by atoms with Gasteiger partial charge in [-0.2, -0.15) is 0 Å². The largest absolute Gasteiger partial charge is 0.342 e. The minimum atomic E-state index is 0.673. The summed E-state index contributed by atoms with van der Waals surface area (Å²) in [4.78, 5) is 16.9. The van der Waals surface area contributed by atoms with Gasteiger partial charge in [-0.3, -0.25) is 0 Å². The Morgan fingerprint density at radius 3 is 2.78 bits per heavy atom. The number of aromatic nitrogens is 6. The first-order chi connectivity index (χ1) is 11.1. The number of fused-ring (bicyclic) bond motifs is 1. The average molecular weight is 324 g/mol. The quantitative estimate of drug-likeness (QED) is 0.625. The van der Waals surface area contributed by atoms with Crippen molar-refractivity contribution in [3.63, 3.8) is 0 Å².